The number of hydrogen-bond donors (Lipinski definition) is 1. The van der Waals surface area contributed by atoms with Crippen LogP contribution in [0.25, 0.3) is 0 Å². The van der Waals surface area contributed by atoms with Crippen molar-refractivity contribution < 1.29 is 26.9 Å². The predicted molar refractivity (Wildman–Crippen MR) is 93.5 cm³/mol. The van der Waals surface area contributed by atoms with Crippen molar-refractivity contribution in [2.75, 3.05) is 13.7 Å². The Morgan fingerprint density at radius 3 is 2.35 bits per heavy atom. The van der Waals surface area contributed by atoms with Gasteiger partial charge in [-0.05, 0) is 36.8 Å². The Morgan fingerprint density at radius 1 is 1.08 bits per heavy atom. The number of hydrogen-bond acceptors (Lipinski definition) is 6. The first-order valence-electron chi connectivity index (χ1n) is 7.96. The summed E-state index contributed by atoms with van der Waals surface area (Å²) < 4.78 is 40.1. The van der Waals surface area contributed by atoms with E-state index in [1.54, 1.807) is 43.5 Å². The summed E-state index contributed by atoms with van der Waals surface area (Å²) >= 11 is 0. The maximum Gasteiger partial charge on any atom is 0.408 e. The number of carbonyl (C=O) groups is 1. The summed E-state index contributed by atoms with van der Waals surface area (Å²) in [5.74, 6) is 0.667. The zero-order valence-electron chi connectivity index (χ0n) is 14.3. The number of cyclic esters (lactones) is 1. The van der Waals surface area contributed by atoms with E-state index >= 15 is 0 Å². The topological polar surface area (TPSA) is 90.9 Å². The second-order valence-corrected chi connectivity index (χ2v) is 7.52. The fraction of sp³-hybridized carbons (Fsp3) is 0.278. The van der Waals surface area contributed by atoms with Gasteiger partial charge in [-0.2, -0.15) is 8.42 Å². The normalized spacial score (nSPS) is 19.7. The van der Waals surface area contributed by atoms with Crippen LogP contribution in [0.1, 0.15) is 17.2 Å². The number of ether oxygens (including phenoxy) is 2. The first-order chi connectivity index (χ1) is 12.4. The third kappa shape index (κ3) is 3.97. The minimum absolute atomic E-state index is 0.0642. The largest absolute Gasteiger partial charge is 0.497 e. The average molecular weight is 377 g/mol. The standard InChI is InChI=1S/C18H19NO6S/c1-12-3-9-15(10-4-12)26(21,22)24-11-16-17(25-18(20)19-16)13-5-7-14(23-2)8-6-13/h3-10,16-17H,11H2,1-2H3,(H,19,20)/t16-,17-/m1/s1. The zero-order chi connectivity index (χ0) is 18.7. The lowest BCUT2D eigenvalue weighted by Gasteiger charge is -2.17. The van der Waals surface area contributed by atoms with Crippen LogP contribution in [0.3, 0.4) is 0 Å². The molecule has 138 valence electrons. The molecule has 1 heterocycles. The van der Waals surface area contributed by atoms with E-state index < -0.39 is 28.4 Å². The zero-order valence-corrected chi connectivity index (χ0v) is 15.2. The Balaban J connectivity index is 1.72. The summed E-state index contributed by atoms with van der Waals surface area (Å²) in [4.78, 5) is 11.7. The molecule has 1 amide bonds. The molecule has 1 aliphatic heterocycles. The third-order valence-electron chi connectivity index (χ3n) is 4.06. The molecule has 0 bridgehead atoms. The van der Waals surface area contributed by atoms with Gasteiger partial charge in [0.25, 0.3) is 10.1 Å². The number of carbonyl (C=O) groups excluding carboxylic acids is 1. The van der Waals surface area contributed by atoms with E-state index in [2.05, 4.69) is 5.32 Å². The molecule has 1 N–H and O–H groups in total. The minimum Gasteiger partial charge on any atom is -0.497 e. The molecule has 2 aromatic rings. The van der Waals surface area contributed by atoms with Crippen LogP contribution in [0, 0.1) is 6.92 Å². The van der Waals surface area contributed by atoms with Gasteiger partial charge in [0.05, 0.1) is 24.7 Å². The van der Waals surface area contributed by atoms with Crippen LogP contribution in [-0.2, 0) is 19.0 Å². The smallest absolute Gasteiger partial charge is 0.408 e. The SMILES string of the molecule is COc1ccc([C@H]2OC(=O)N[C@@H]2COS(=O)(=O)c2ccc(C)cc2)cc1. The maximum atomic E-state index is 12.3. The summed E-state index contributed by atoms with van der Waals surface area (Å²) in [5, 5.41) is 2.58. The predicted octanol–water partition coefficient (Wildman–Crippen LogP) is 2.56. The molecule has 2 atom stereocenters. The molecule has 3 rings (SSSR count). The Hall–Kier alpha value is -2.58. The van der Waals surface area contributed by atoms with Crippen molar-refractivity contribution in [1.29, 1.82) is 0 Å². The second kappa shape index (κ2) is 7.35. The van der Waals surface area contributed by atoms with E-state index in [0.29, 0.717) is 11.3 Å². The van der Waals surface area contributed by atoms with Gasteiger partial charge in [-0.15, -0.1) is 0 Å². The summed E-state index contributed by atoms with van der Waals surface area (Å²) in [6.45, 7) is 1.63. The quantitative estimate of drug-likeness (QED) is 0.778. The van der Waals surface area contributed by atoms with E-state index in [4.69, 9.17) is 13.7 Å². The van der Waals surface area contributed by atoms with Gasteiger partial charge in [-0.1, -0.05) is 29.8 Å². The van der Waals surface area contributed by atoms with Crippen molar-refractivity contribution in [2.24, 2.45) is 0 Å². The molecule has 0 aromatic heterocycles. The van der Waals surface area contributed by atoms with Gasteiger partial charge in [-0.3, -0.25) is 4.18 Å². The summed E-state index contributed by atoms with van der Waals surface area (Å²) in [6.07, 6.45) is -1.27. The van der Waals surface area contributed by atoms with Crippen LogP contribution in [0.15, 0.2) is 53.4 Å². The molecule has 0 aliphatic carbocycles. The highest BCUT2D eigenvalue weighted by molar-refractivity contribution is 7.86. The number of nitrogens with one attached hydrogen (secondary N) is 1. The molecule has 1 aliphatic rings. The number of methoxy groups -OCH3 is 1. The van der Waals surface area contributed by atoms with Gasteiger partial charge in [0.1, 0.15) is 5.75 Å². The molecule has 2 aromatic carbocycles. The Bertz CT molecular complexity index is 877. The lowest BCUT2D eigenvalue weighted by Crippen LogP contribution is -2.33. The molecule has 26 heavy (non-hydrogen) atoms. The fourth-order valence-corrected chi connectivity index (χ4v) is 3.55. The van der Waals surface area contributed by atoms with Gasteiger partial charge < -0.3 is 14.8 Å². The van der Waals surface area contributed by atoms with Gasteiger partial charge in [0.15, 0.2) is 6.10 Å². The molecule has 0 spiro atoms. The molecule has 1 saturated heterocycles. The van der Waals surface area contributed by atoms with Gasteiger partial charge >= 0.3 is 6.09 Å². The van der Waals surface area contributed by atoms with Crippen molar-refractivity contribution in [3.05, 3.63) is 59.7 Å². The maximum absolute atomic E-state index is 12.3. The first kappa shape index (κ1) is 18.2. The Kier molecular flexibility index (Phi) is 5.15. The van der Waals surface area contributed by atoms with E-state index in [1.165, 1.54) is 12.1 Å². The number of rotatable bonds is 6. The van der Waals surface area contributed by atoms with Crippen molar-refractivity contribution in [3.63, 3.8) is 0 Å². The van der Waals surface area contributed by atoms with Crippen LogP contribution < -0.4 is 10.1 Å². The van der Waals surface area contributed by atoms with Crippen molar-refractivity contribution in [1.82, 2.24) is 5.32 Å². The van der Waals surface area contributed by atoms with Crippen molar-refractivity contribution in [3.8, 4) is 5.75 Å². The Labute approximate surface area is 152 Å². The molecule has 0 radical (unpaired) electrons. The lowest BCUT2D eigenvalue weighted by atomic mass is 10.0. The number of aryl methyl sites for hydroxylation is 1. The van der Waals surface area contributed by atoms with E-state index in [-0.39, 0.29) is 11.5 Å². The fourth-order valence-electron chi connectivity index (χ4n) is 2.62. The Morgan fingerprint density at radius 2 is 1.73 bits per heavy atom. The summed E-state index contributed by atoms with van der Waals surface area (Å²) in [5.41, 5.74) is 1.66. The number of amides is 1. The number of alkyl carbamates (subject to hydrolysis) is 1. The van der Waals surface area contributed by atoms with Gasteiger partial charge in [0.2, 0.25) is 0 Å². The average Bonchev–Trinajstić information content (AvgIpc) is 3.01. The summed E-state index contributed by atoms with van der Waals surface area (Å²) in [7, 11) is -2.37. The van der Waals surface area contributed by atoms with E-state index in [1.807, 2.05) is 6.92 Å². The van der Waals surface area contributed by atoms with E-state index in [9.17, 15) is 13.2 Å². The van der Waals surface area contributed by atoms with Gasteiger partial charge in [-0.25, -0.2) is 4.79 Å². The highest BCUT2D eigenvalue weighted by atomic mass is 32.2. The molecule has 1 fully saturated rings. The van der Waals surface area contributed by atoms with Crippen LogP contribution >= 0.6 is 0 Å². The molecule has 7 nitrogen and oxygen atoms in total. The van der Waals surface area contributed by atoms with E-state index in [0.717, 1.165) is 5.56 Å². The van der Waals surface area contributed by atoms with Crippen LogP contribution in [0.5, 0.6) is 5.75 Å². The summed E-state index contributed by atoms with van der Waals surface area (Å²) in [6, 6.07) is 12.7. The van der Waals surface area contributed by atoms with Crippen molar-refractivity contribution >= 4 is 16.2 Å². The van der Waals surface area contributed by atoms with Crippen LogP contribution in [0.4, 0.5) is 4.79 Å². The lowest BCUT2D eigenvalue weighted by molar-refractivity contribution is 0.123. The van der Waals surface area contributed by atoms with Crippen LogP contribution in [-0.4, -0.2) is 34.3 Å². The number of benzene rings is 2. The molecule has 0 unspecified atom stereocenters. The molecule has 8 heteroatoms. The monoisotopic (exact) mass is 377 g/mol. The first-order valence-corrected chi connectivity index (χ1v) is 9.37. The minimum atomic E-state index is -3.93. The highest BCUT2D eigenvalue weighted by Crippen LogP contribution is 2.28. The highest BCUT2D eigenvalue weighted by Gasteiger charge is 2.36. The second-order valence-electron chi connectivity index (χ2n) is 5.90. The third-order valence-corrected chi connectivity index (χ3v) is 5.36. The molecule has 0 saturated carbocycles. The van der Waals surface area contributed by atoms with Crippen LogP contribution in [0.2, 0.25) is 0 Å². The van der Waals surface area contributed by atoms with Crippen molar-refractivity contribution in [2.45, 2.75) is 24.0 Å². The molecular formula is C18H19NO6S. The molecular weight excluding hydrogens is 358 g/mol. The van der Waals surface area contributed by atoms with Gasteiger partial charge in [0, 0.05) is 0 Å².